The van der Waals surface area contributed by atoms with Gasteiger partial charge in [0, 0.05) is 0 Å². The lowest BCUT2D eigenvalue weighted by Gasteiger charge is -2.28. The fraction of sp³-hybridized carbons (Fsp3) is 1.00. The minimum absolute atomic E-state index is 0.262. The summed E-state index contributed by atoms with van der Waals surface area (Å²) >= 11 is 0. The van der Waals surface area contributed by atoms with Gasteiger partial charge in [-0.25, -0.2) is 0 Å². The highest BCUT2D eigenvalue weighted by Crippen LogP contribution is 2.28. The van der Waals surface area contributed by atoms with E-state index in [1.165, 1.54) is 0 Å². The molecule has 22 heavy (non-hydrogen) atoms. The Morgan fingerprint density at radius 2 is 0.727 bits per heavy atom. The van der Waals surface area contributed by atoms with Gasteiger partial charge in [-0.05, 0) is 38.5 Å². The molecule has 0 saturated heterocycles. The number of alkyl halides is 3. The molecule has 0 unspecified atom stereocenters. The molecule has 0 bridgehead atoms. The predicted octanol–water partition coefficient (Wildman–Crippen LogP) is 6.09. The molecule has 0 atom stereocenters. The highest BCUT2D eigenvalue weighted by molar-refractivity contribution is 4.78. The molecule has 0 aliphatic rings. The zero-order valence-corrected chi connectivity index (χ0v) is 14.1. The standard InChI is InChI=1S/C18H35F3O/c19-15-9-3-1-6-12-18(22,14-8-5-11-17-21)13-7-2-4-10-16-20/h22H,1-17H2. The van der Waals surface area contributed by atoms with E-state index in [0.717, 1.165) is 70.6 Å². The Bertz CT molecular complexity index is 210. The molecule has 0 fully saturated rings. The second-order valence-electron chi connectivity index (χ2n) is 6.43. The summed E-state index contributed by atoms with van der Waals surface area (Å²) in [6, 6.07) is 0. The zero-order chi connectivity index (χ0) is 16.5. The topological polar surface area (TPSA) is 20.2 Å². The van der Waals surface area contributed by atoms with Crippen molar-refractivity contribution >= 4 is 0 Å². The summed E-state index contributed by atoms with van der Waals surface area (Å²) in [5.41, 5.74) is -0.665. The van der Waals surface area contributed by atoms with E-state index in [4.69, 9.17) is 0 Å². The van der Waals surface area contributed by atoms with Crippen molar-refractivity contribution < 1.29 is 18.3 Å². The van der Waals surface area contributed by atoms with Crippen molar-refractivity contribution in [2.45, 2.75) is 95.5 Å². The molecule has 0 aromatic heterocycles. The fourth-order valence-electron chi connectivity index (χ4n) is 2.90. The van der Waals surface area contributed by atoms with Gasteiger partial charge in [-0.15, -0.1) is 0 Å². The van der Waals surface area contributed by atoms with E-state index >= 15 is 0 Å². The summed E-state index contributed by atoms with van der Waals surface area (Å²) in [4.78, 5) is 0. The normalized spacial score (nSPS) is 12.0. The largest absolute Gasteiger partial charge is 0.390 e. The molecular formula is C18H35F3O. The van der Waals surface area contributed by atoms with E-state index in [0.29, 0.717) is 19.3 Å². The van der Waals surface area contributed by atoms with Crippen molar-refractivity contribution in [1.29, 1.82) is 0 Å². The SMILES string of the molecule is OC(CCCCCF)(CCCCCCF)CCCCCCF. The average Bonchev–Trinajstić information content (AvgIpc) is 2.51. The van der Waals surface area contributed by atoms with Gasteiger partial charge in [0.2, 0.25) is 0 Å². The van der Waals surface area contributed by atoms with E-state index < -0.39 is 5.60 Å². The molecule has 0 aromatic carbocycles. The number of rotatable bonds is 17. The van der Waals surface area contributed by atoms with Crippen molar-refractivity contribution in [2.24, 2.45) is 0 Å². The minimum atomic E-state index is -0.665. The first-order valence-corrected chi connectivity index (χ1v) is 9.09. The third kappa shape index (κ3) is 13.4. The number of halogens is 3. The molecule has 0 spiro atoms. The molecule has 0 heterocycles. The van der Waals surface area contributed by atoms with Crippen molar-refractivity contribution in [3.05, 3.63) is 0 Å². The van der Waals surface area contributed by atoms with Gasteiger partial charge in [-0.1, -0.05) is 51.4 Å². The molecule has 4 heteroatoms. The molecule has 0 aliphatic carbocycles. The van der Waals surface area contributed by atoms with Crippen LogP contribution in [0, 0.1) is 0 Å². The number of hydrogen-bond acceptors (Lipinski definition) is 1. The van der Waals surface area contributed by atoms with Crippen molar-refractivity contribution in [1.82, 2.24) is 0 Å². The first kappa shape index (κ1) is 21.8. The van der Waals surface area contributed by atoms with Crippen LogP contribution in [-0.2, 0) is 0 Å². The molecule has 134 valence electrons. The summed E-state index contributed by atoms with van der Waals surface area (Å²) < 4.78 is 36.2. The summed E-state index contributed by atoms with van der Waals surface area (Å²) in [5.74, 6) is 0. The average molecular weight is 324 g/mol. The van der Waals surface area contributed by atoms with Gasteiger partial charge >= 0.3 is 0 Å². The van der Waals surface area contributed by atoms with E-state index in [1.54, 1.807) is 0 Å². The summed E-state index contributed by atoms with van der Waals surface area (Å²) in [6.07, 6.45) is 11.2. The second-order valence-corrected chi connectivity index (χ2v) is 6.43. The Morgan fingerprint density at radius 3 is 1.05 bits per heavy atom. The Balaban J connectivity index is 3.99. The molecular weight excluding hydrogens is 289 g/mol. The highest BCUT2D eigenvalue weighted by Gasteiger charge is 2.25. The van der Waals surface area contributed by atoms with Crippen molar-refractivity contribution in [3.63, 3.8) is 0 Å². The maximum Gasteiger partial charge on any atom is 0.0894 e. The number of aliphatic hydroxyl groups is 1. The smallest absolute Gasteiger partial charge is 0.0894 e. The van der Waals surface area contributed by atoms with Crippen molar-refractivity contribution in [3.8, 4) is 0 Å². The van der Waals surface area contributed by atoms with Gasteiger partial charge in [0.1, 0.15) is 0 Å². The van der Waals surface area contributed by atoms with Crippen LogP contribution in [0.15, 0.2) is 0 Å². The monoisotopic (exact) mass is 324 g/mol. The van der Waals surface area contributed by atoms with Crippen LogP contribution in [0.2, 0.25) is 0 Å². The third-order valence-corrected chi connectivity index (χ3v) is 4.33. The van der Waals surface area contributed by atoms with Gasteiger partial charge in [-0.2, -0.15) is 0 Å². The molecule has 0 aromatic rings. The van der Waals surface area contributed by atoms with Crippen LogP contribution in [-0.4, -0.2) is 30.7 Å². The molecule has 0 saturated carbocycles. The molecule has 0 radical (unpaired) electrons. The third-order valence-electron chi connectivity index (χ3n) is 4.33. The van der Waals surface area contributed by atoms with Crippen molar-refractivity contribution in [2.75, 3.05) is 20.0 Å². The van der Waals surface area contributed by atoms with Gasteiger partial charge in [0.05, 0.1) is 25.6 Å². The first-order chi connectivity index (χ1) is 10.7. The summed E-state index contributed by atoms with van der Waals surface area (Å²) in [6.45, 7) is -0.810. The fourth-order valence-corrected chi connectivity index (χ4v) is 2.90. The van der Waals surface area contributed by atoms with E-state index in [-0.39, 0.29) is 20.0 Å². The summed E-state index contributed by atoms with van der Waals surface area (Å²) in [5, 5.41) is 10.8. The van der Waals surface area contributed by atoms with E-state index in [9.17, 15) is 18.3 Å². The van der Waals surface area contributed by atoms with Crippen LogP contribution in [0.25, 0.3) is 0 Å². The molecule has 0 aliphatic heterocycles. The van der Waals surface area contributed by atoms with Crippen LogP contribution in [0.4, 0.5) is 13.2 Å². The summed E-state index contributed by atoms with van der Waals surface area (Å²) in [7, 11) is 0. The lowest BCUT2D eigenvalue weighted by atomic mass is 9.85. The Labute approximate surface area is 134 Å². The van der Waals surface area contributed by atoms with Crippen LogP contribution in [0.1, 0.15) is 89.9 Å². The molecule has 1 nitrogen and oxygen atoms in total. The minimum Gasteiger partial charge on any atom is -0.390 e. The predicted molar refractivity (Wildman–Crippen MR) is 87.5 cm³/mol. The second kappa shape index (κ2) is 15.6. The van der Waals surface area contributed by atoms with Gasteiger partial charge in [0.25, 0.3) is 0 Å². The van der Waals surface area contributed by atoms with Crippen LogP contribution >= 0.6 is 0 Å². The Morgan fingerprint density at radius 1 is 0.455 bits per heavy atom. The molecule has 1 N–H and O–H groups in total. The quantitative estimate of drug-likeness (QED) is 0.321. The number of hydrogen-bond donors (Lipinski definition) is 1. The lowest BCUT2D eigenvalue weighted by molar-refractivity contribution is 0.00697. The van der Waals surface area contributed by atoms with Gasteiger partial charge in [0.15, 0.2) is 0 Å². The van der Waals surface area contributed by atoms with Crippen LogP contribution < -0.4 is 0 Å². The Kier molecular flexibility index (Phi) is 15.5. The van der Waals surface area contributed by atoms with Gasteiger partial charge in [-0.3, -0.25) is 13.2 Å². The lowest BCUT2D eigenvalue weighted by Crippen LogP contribution is -2.28. The van der Waals surface area contributed by atoms with Gasteiger partial charge < -0.3 is 5.11 Å². The molecule has 0 rings (SSSR count). The molecule has 0 amide bonds. The first-order valence-electron chi connectivity index (χ1n) is 9.09. The maximum atomic E-state index is 12.1. The highest BCUT2D eigenvalue weighted by atomic mass is 19.1. The zero-order valence-electron chi connectivity index (χ0n) is 14.1. The Hall–Kier alpha value is -0.250. The maximum absolute atomic E-state index is 12.1. The number of unbranched alkanes of at least 4 members (excludes halogenated alkanes) is 8. The van der Waals surface area contributed by atoms with Crippen LogP contribution in [0.5, 0.6) is 0 Å². The van der Waals surface area contributed by atoms with Crippen LogP contribution in [0.3, 0.4) is 0 Å². The van der Waals surface area contributed by atoms with E-state index in [2.05, 4.69) is 0 Å². The van der Waals surface area contributed by atoms with E-state index in [1.807, 2.05) is 0 Å².